The fourth-order valence-corrected chi connectivity index (χ4v) is 2.27. The van der Waals surface area contributed by atoms with Gasteiger partial charge in [0.05, 0.1) is 0 Å². The molecule has 0 aliphatic heterocycles. The minimum absolute atomic E-state index is 0.0634. The number of phenolic OH excluding ortho intramolecular Hbond substituents is 1. The summed E-state index contributed by atoms with van der Waals surface area (Å²) in [5.41, 5.74) is 2.12. The molecule has 2 rings (SSSR count). The molecule has 0 saturated heterocycles. The number of benzene rings is 2. The number of amides is 2. The van der Waals surface area contributed by atoms with Crippen LogP contribution in [0.3, 0.4) is 0 Å². The van der Waals surface area contributed by atoms with Crippen molar-refractivity contribution in [1.82, 2.24) is 10.2 Å². The van der Waals surface area contributed by atoms with Crippen molar-refractivity contribution in [1.29, 1.82) is 0 Å². The minimum Gasteiger partial charge on any atom is -0.508 e. The molecule has 2 N–H and O–H groups in total. The van der Waals surface area contributed by atoms with Crippen LogP contribution < -0.4 is 5.32 Å². The summed E-state index contributed by atoms with van der Waals surface area (Å²) in [5.74, 6) is 0.253. The average molecular weight is 298 g/mol. The smallest absolute Gasteiger partial charge is 0.317 e. The zero-order valence-corrected chi connectivity index (χ0v) is 12.8. The molecule has 4 heteroatoms. The van der Waals surface area contributed by atoms with Gasteiger partial charge in [-0.15, -0.1) is 0 Å². The summed E-state index contributed by atoms with van der Waals surface area (Å²) in [6.45, 7) is 3.79. The molecule has 2 aromatic rings. The Bertz CT molecular complexity index is 599. The van der Waals surface area contributed by atoms with Crippen molar-refractivity contribution in [2.24, 2.45) is 0 Å². The largest absolute Gasteiger partial charge is 0.508 e. The van der Waals surface area contributed by atoms with E-state index in [-0.39, 0.29) is 11.8 Å². The van der Waals surface area contributed by atoms with Crippen LogP contribution in [0.4, 0.5) is 4.79 Å². The van der Waals surface area contributed by atoms with Crippen molar-refractivity contribution in [2.45, 2.75) is 19.9 Å². The van der Waals surface area contributed by atoms with Crippen LogP contribution >= 0.6 is 0 Å². The first-order valence-corrected chi connectivity index (χ1v) is 7.53. The lowest BCUT2D eigenvalue weighted by atomic mass is 10.1. The summed E-state index contributed by atoms with van der Waals surface area (Å²) in [6, 6.07) is 17.0. The topological polar surface area (TPSA) is 52.6 Å². The maximum Gasteiger partial charge on any atom is 0.317 e. The van der Waals surface area contributed by atoms with Crippen LogP contribution in [0.1, 0.15) is 18.1 Å². The van der Waals surface area contributed by atoms with Crippen LogP contribution in [0.15, 0.2) is 54.6 Å². The van der Waals surface area contributed by atoms with Gasteiger partial charge in [0.1, 0.15) is 5.75 Å². The Labute approximate surface area is 131 Å². The van der Waals surface area contributed by atoms with E-state index in [4.69, 9.17) is 0 Å². The molecule has 2 aromatic carbocycles. The molecule has 4 nitrogen and oxygen atoms in total. The van der Waals surface area contributed by atoms with Crippen molar-refractivity contribution in [3.05, 3.63) is 65.7 Å². The first-order chi connectivity index (χ1) is 10.7. The van der Waals surface area contributed by atoms with Gasteiger partial charge in [-0.1, -0.05) is 42.5 Å². The minimum atomic E-state index is -0.0634. The van der Waals surface area contributed by atoms with Gasteiger partial charge in [-0.2, -0.15) is 0 Å². The van der Waals surface area contributed by atoms with E-state index in [9.17, 15) is 9.90 Å². The highest BCUT2D eigenvalue weighted by Gasteiger charge is 2.11. The second-order valence-corrected chi connectivity index (χ2v) is 5.15. The maximum absolute atomic E-state index is 12.2. The van der Waals surface area contributed by atoms with Crippen LogP contribution in [0.5, 0.6) is 5.75 Å². The first kappa shape index (κ1) is 15.9. The van der Waals surface area contributed by atoms with Gasteiger partial charge in [-0.25, -0.2) is 4.79 Å². The number of nitrogens with one attached hydrogen (secondary N) is 1. The van der Waals surface area contributed by atoms with Crippen LogP contribution in [-0.2, 0) is 13.0 Å². The van der Waals surface area contributed by atoms with Gasteiger partial charge in [0.15, 0.2) is 0 Å². The van der Waals surface area contributed by atoms with Crippen LogP contribution in [-0.4, -0.2) is 29.1 Å². The Kier molecular flexibility index (Phi) is 5.83. The third-order valence-electron chi connectivity index (χ3n) is 3.49. The van der Waals surface area contributed by atoms with Crippen molar-refractivity contribution >= 4 is 6.03 Å². The average Bonchev–Trinajstić information content (AvgIpc) is 2.53. The zero-order chi connectivity index (χ0) is 15.8. The summed E-state index contributed by atoms with van der Waals surface area (Å²) >= 11 is 0. The predicted octanol–water partition coefficient (Wildman–Crippen LogP) is 3.17. The summed E-state index contributed by atoms with van der Waals surface area (Å²) < 4.78 is 0. The number of urea groups is 1. The predicted molar refractivity (Wildman–Crippen MR) is 87.7 cm³/mol. The Balaban J connectivity index is 1.82. The van der Waals surface area contributed by atoms with Gasteiger partial charge in [0, 0.05) is 19.6 Å². The Morgan fingerprint density at radius 1 is 1.09 bits per heavy atom. The van der Waals surface area contributed by atoms with Gasteiger partial charge in [-0.05, 0) is 36.6 Å². The summed E-state index contributed by atoms with van der Waals surface area (Å²) in [4.78, 5) is 14.0. The van der Waals surface area contributed by atoms with Crippen molar-refractivity contribution in [2.75, 3.05) is 13.1 Å². The lowest BCUT2D eigenvalue weighted by Crippen LogP contribution is -2.40. The van der Waals surface area contributed by atoms with E-state index in [1.165, 1.54) is 0 Å². The third-order valence-corrected chi connectivity index (χ3v) is 3.49. The fourth-order valence-electron chi connectivity index (χ4n) is 2.27. The molecule has 2 amide bonds. The molecule has 0 aliphatic rings. The fraction of sp³-hybridized carbons (Fsp3) is 0.278. The monoisotopic (exact) mass is 298 g/mol. The molecular formula is C18H22N2O2. The molecule has 0 atom stereocenters. The van der Waals surface area contributed by atoms with E-state index in [1.807, 2.05) is 43.3 Å². The number of carbonyl (C=O) groups is 1. The summed E-state index contributed by atoms with van der Waals surface area (Å²) in [6.07, 6.45) is 0.697. The molecule has 0 heterocycles. The highest BCUT2D eigenvalue weighted by atomic mass is 16.3. The van der Waals surface area contributed by atoms with Gasteiger partial charge in [0.2, 0.25) is 0 Å². The van der Waals surface area contributed by atoms with Crippen LogP contribution in [0.25, 0.3) is 0 Å². The molecular weight excluding hydrogens is 276 g/mol. The molecule has 0 aliphatic carbocycles. The quantitative estimate of drug-likeness (QED) is 0.860. The molecule has 0 saturated carbocycles. The standard InChI is InChI=1S/C18H22N2O2/c1-2-20(14-16-7-4-3-5-8-16)18(22)19-12-11-15-9-6-10-17(21)13-15/h3-10,13,21H,2,11-12,14H2,1H3,(H,19,22). The van der Waals surface area contributed by atoms with Crippen LogP contribution in [0.2, 0.25) is 0 Å². The second-order valence-electron chi connectivity index (χ2n) is 5.15. The number of rotatable bonds is 6. The van der Waals surface area contributed by atoms with Crippen molar-refractivity contribution in [3.8, 4) is 5.75 Å². The normalized spacial score (nSPS) is 10.2. The van der Waals surface area contributed by atoms with Gasteiger partial charge in [-0.3, -0.25) is 0 Å². The zero-order valence-electron chi connectivity index (χ0n) is 12.8. The van der Waals surface area contributed by atoms with Gasteiger partial charge >= 0.3 is 6.03 Å². The summed E-state index contributed by atoms with van der Waals surface area (Å²) in [5, 5.41) is 12.3. The van der Waals surface area contributed by atoms with E-state index in [2.05, 4.69) is 5.32 Å². The molecule has 22 heavy (non-hydrogen) atoms. The molecule has 0 radical (unpaired) electrons. The highest BCUT2D eigenvalue weighted by Crippen LogP contribution is 2.11. The second kappa shape index (κ2) is 8.08. The number of hydrogen-bond donors (Lipinski definition) is 2. The molecule has 0 aromatic heterocycles. The number of phenols is 1. The molecule has 0 bridgehead atoms. The SMILES string of the molecule is CCN(Cc1ccccc1)C(=O)NCCc1cccc(O)c1. The van der Waals surface area contributed by atoms with Crippen LogP contribution in [0, 0.1) is 0 Å². The number of aromatic hydroxyl groups is 1. The van der Waals surface area contributed by atoms with Crippen molar-refractivity contribution < 1.29 is 9.90 Å². The lowest BCUT2D eigenvalue weighted by molar-refractivity contribution is 0.198. The molecule has 0 fully saturated rings. The summed E-state index contributed by atoms with van der Waals surface area (Å²) in [7, 11) is 0. The Hall–Kier alpha value is -2.49. The van der Waals surface area contributed by atoms with Crippen molar-refractivity contribution in [3.63, 3.8) is 0 Å². The van der Waals surface area contributed by atoms with Gasteiger partial charge < -0.3 is 15.3 Å². The Morgan fingerprint density at radius 3 is 2.50 bits per heavy atom. The third kappa shape index (κ3) is 4.81. The van der Waals surface area contributed by atoms with Gasteiger partial charge in [0.25, 0.3) is 0 Å². The molecule has 116 valence electrons. The maximum atomic E-state index is 12.2. The highest BCUT2D eigenvalue weighted by molar-refractivity contribution is 5.74. The van der Waals surface area contributed by atoms with E-state index in [0.29, 0.717) is 26.1 Å². The molecule has 0 spiro atoms. The van der Waals surface area contributed by atoms with E-state index in [0.717, 1.165) is 11.1 Å². The van der Waals surface area contributed by atoms with E-state index < -0.39 is 0 Å². The molecule has 0 unspecified atom stereocenters. The number of nitrogens with zero attached hydrogens (tertiary/aromatic N) is 1. The lowest BCUT2D eigenvalue weighted by Gasteiger charge is -2.21. The number of hydrogen-bond acceptors (Lipinski definition) is 2. The first-order valence-electron chi connectivity index (χ1n) is 7.53. The number of carbonyl (C=O) groups excluding carboxylic acids is 1. The van der Waals surface area contributed by atoms with E-state index in [1.54, 1.807) is 23.1 Å². The Morgan fingerprint density at radius 2 is 1.82 bits per heavy atom. The van der Waals surface area contributed by atoms with E-state index >= 15 is 0 Å².